The van der Waals surface area contributed by atoms with Crippen molar-refractivity contribution >= 4 is 11.9 Å². The number of methoxy groups -OCH3 is 3. The highest BCUT2D eigenvalue weighted by Crippen LogP contribution is 2.47. The van der Waals surface area contributed by atoms with E-state index in [1.807, 2.05) is 55.5 Å². The van der Waals surface area contributed by atoms with Gasteiger partial charge in [0.2, 0.25) is 11.6 Å². The van der Waals surface area contributed by atoms with Gasteiger partial charge >= 0.3 is 11.9 Å². The summed E-state index contributed by atoms with van der Waals surface area (Å²) in [6, 6.07) is 16.7. The Hall–Kier alpha value is -3.52. The van der Waals surface area contributed by atoms with Gasteiger partial charge in [-0.25, -0.2) is 4.79 Å². The fourth-order valence-electron chi connectivity index (χ4n) is 7.28. The second-order valence-corrected chi connectivity index (χ2v) is 14.6. The lowest BCUT2D eigenvalue weighted by molar-refractivity contribution is -0.456. The van der Waals surface area contributed by atoms with Crippen molar-refractivity contribution in [1.82, 2.24) is 0 Å². The molecule has 54 heavy (non-hydrogen) atoms. The smallest absolute Gasteiger partial charge is 0.338 e. The molecule has 0 saturated carbocycles. The van der Waals surface area contributed by atoms with Gasteiger partial charge < -0.3 is 47.4 Å². The van der Waals surface area contributed by atoms with Crippen LogP contribution in [0.4, 0.5) is 0 Å². The zero-order chi connectivity index (χ0) is 38.7. The molecule has 3 fully saturated rings. The van der Waals surface area contributed by atoms with E-state index in [2.05, 4.69) is 6.92 Å². The van der Waals surface area contributed by atoms with E-state index < -0.39 is 17.7 Å². The van der Waals surface area contributed by atoms with Crippen LogP contribution < -0.4 is 4.74 Å². The Kier molecular flexibility index (Phi) is 14.9. The third-order valence-corrected chi connectivity index (χ3v) is 10.8. The molecule has 0 aliphatic carbocycles. The quantitative estimate of drug-likeness (QED) is 0.116. The summed E-state index contributed by atoms with van der Waals surface area (Å²) in [6.45, 7) is 8.28. The number of rotatable bonds is 18. The number of hydrogen-bond donors (Lipinski definition) is 0. The van der Waals surface area contributed by atoms with Gasteiger partial charge in [-0.1, -0.05) is 37.3 Å². The van der Waals surface area contributed by atoms with E-state index in [1.165, 1.54) is 6.92 Å². The molecule has 0 aromatic heterocycles. The van der Waals surface area contributed by atoms with E-state index in [0.29, 0.717) is 50.2 Å². The Morgan fingerprint density at radius 3 is 2.31 bits per heavy atom. The maximum Gasteiger partial charge on any atom is 0.338 e. The molecule has 2 unspecified atom stereocenters. The van der Waals surface area contributed by atoms with Crippen LogP contribution in [0.15, 0.2) is 66.4 Å². The van der Waals surface area contributed by atoms with Crippen LogP contribution in [0.25, 0.3) is 0 Å². The van der Waals surface area contributed by atoms with Crippen LogP contribution in [0, 0.1) is 5.92 Å². The molecule has 5 rings (SSSR count). The average Bonchev–Trinajstić information content (AvgIpc) is 3.64. The number of fused-ring (bicyclic) bond motifs is 1. The first-order valence-electron chi connectivity index (χ1n) is 19.1. The number of esters is 2. The minimum absolute atomic E-state index is 0.0607. The van der Waals surface area contributed by atoms with Gasteiger partial charge in [0.05, 0.1) is 38.1 Å². The summed E-state index contributed by atoms with van der Waals surface area (Å²) in [7, 11) is 4.79. The lowest BCUT2D eigenvalue weighted by Gasteiger charge is -2.56. The van der Waals surface area contributed by atoms with Crippen LogP contribution >= 0.6 is 0 Å². The molecule has 12 nitrogen and oxygen atoms in total. The van der Waals surface area contributed by atoms with Crippen molar-refractivity contribution in [2.75, 3.05) is 34.5 Å². The van der Waals surface area contributed by atoms with Crippen LogP contribution in [0.1, 0.15) is 88.6 Å². The standard InChI is InChI=1S/C42H58O12/c1-28-36(15-11-14-33(50-29(2)43)24-25-48-26-30-16-18-32(45-5)19-17-30)52-37(39-38(28)53-41(3,46-6)42(4,47-7)54-39)23-22-34-20-21-35(51-34)27-49-40(44)31-12-9-8-10-13-31/h8-10,12-13,16-19,23,28,33-36,38-39H,11,14-15,20-22,24-27H2,1-7H3/b37-23-/t28-,33-,34-,35-,36-,38+,39+,41?,42?/m0/s1. The number of hydrogen-bond acceptors (Lipinski definition) is 12. The molecule has 0 bridgehead atoms. The van der Waals surface area contributed by atoms with Crippen molar-refractivity contribution in [3.8, 4) is 5.75 Å². The van der Waals surface area contributed by atoms with Crippen LogP contribution in [0.5, 0.6) is 5.75 Å². The topological polar surface area (TPSA) is 126 Å². The predicted molar refractivity (Wildman–Crippen MR) is 199 cm³/mol. The molecule has 3 saturated heterocycles. The summed E-state index contributed by atoms with van der Waals surface area (Å²) in [4.78, 5) is 24.4. The Balaban J connectivity index is 1.19. The van der Waals surface area contributed by atoms with Gasteiger partial charge in [0.25, 0.3) is 0 Å². The fraction of sp³-hybridized carbons (Fsp3) is 0.619. The molecule has 3 aliphatic rings. The van der Waals surface area contributed by atoms with E-state index >= 15 is 0 Å². The molecule has 2 aromatic rings. The number of ether oxygens (including phenoxy) is 10. The summed E-state index contributed by atoms with van der Waals surface area (Å²) in [5.41, 5.74) is 1.56. The minimum Gasteiger partial charge on any atom is -0.497 e. The molecule has 12 heteroatoms. The Morgan fingerprint density at radius 2 is 1.63 bits per heavy atom. The molecule has 3 heterocycles. The molecule has 9 atom stereocenters. The van der Waals surface area contributed by atoms with Gasteiger partial charge in [-0.2, -0.15) is 0 Å². The van der Waals surface area contributed by atoms with Crippen molar-refractivity contribution in [1.29, 1.82) is 0 Å². The predicted octanol–water partition coefficient (Wildman–Crippen LogP) is 6.93. The molecular formula is C42H58O12. The van der Waals surface area contributed by atoms with Crippen molar-refractivity contribution in [2.24, 2.45) is 5.92 Å². The minimum atomic E-state index is -1.21. The summed E-state index contributed by atoms with van der Waals surface area (Å²) >= 11 is 0. The first-order valence-corrected chi connectivity index (χ1v) is 19.1. The Morgan fingerprint density at radius 1 is 0.926 bits per heavy atom. The van der Waals surface area contributed by atoms with Gasteiger partial charge in [0.15, 0.2) is 0 Å². The lowest BCUT2D eigenvalue weighted by atomic mass is 9.84. The SMILES string of the molecule is COc1ccc(COCC[C@H](CCC[C@@H]2O/C(=C\C[C@@H]3CC[C@@H](COC(=O)c4ccccc4)O3)[C@H]3OC(C)(OC)C(C)(OC)O[C@@H]3[C@H]2C)OC(C)=O)cc1. The number of carbonyl (C=O) groups is 2. The summed E-state index contributed by atoms with van der Waals surface area (Å²) in [5.74, 6) is -1.65. The zero-order valence-corrected chi connectivity index (χ0v) is 32.8. The maximum absolute atomic E-state index is 12.5. The third kappa shape index (κ3) is 10.6. The van der Waals surface area contributed by atoms with Gasteiger partial charge in [-0.15, -0.1) is 0 Å². The van der Waals surface area contributed by atoms with E-state index in [-0.39, 0.29) is 55.0 Å². The van der Waals surface area contributed by atoms with Gasteiger partial charge in [0.1, 0.15) is 42.5 Å². The molecule has 0 spiro atoms. The molecule has 2 aromatic carbocycles. The highest BCUT2D eigenvalue weighted by molar-refractivity contribution is 5.89. The number of carbonyl (C=O) groups excluding carboxylic acids is 2. The first-order chi connectivity index (χ1) is 26.0. The molecule has 0 amide bonds. The summed E-state index contributed by atoms with van der Waals surface area (Å²) in [6.07, 6.45) is 5.27. The second-order valence-electron chi connectivity index (χ2n) is 14.6. The van der Waals surface area contributed by atoms with Crippen LogP contribution in [-0.4, -0.2) is 94.7 Å². The Labute approximate surface area is 319 Å². The summed E-state index contributed by atoms with van der Waals surface area (Å²) < 4.78 is 60.5. The normalized spacial score (nSPS) is 30.6. The van der Waals surface area contributed by atoms with Gasteiger partial charge in [-0.05, 0) is 88.3 Å². The van der Waals surface area contributed by atoms with Crippen molar-refractivity contribution in [3.63, 3.8) is 0 Å². The van der Waals surface area contributed by atoms with Crippen molar-refractivity contribution < 1.29 is 57.0 Å². The van der Waals surface area contributed by atoms with Crippen molar-refractivity contribution in [2.45, 2.75) is 127 Å². The Bertz CT molecular complexity index is 1510. The largest absolute Gasteiger partial charge is 0.497 e. The lowest BCUT2D eigenvalue weighted by Crippen LogP contribution is -2.68. The first kappa shape index (κ1) is 41.6. The van der Waals surface area contributed by atoms with Crippen LogP contribution in [0.3, 0.4) is 0 Å². The third-order valence-electron chi connectivity index (χ3n) is 10.8. The summed E-state index contributed by atoms with van der Waals surface area (Å²) in [5, 5.41) is 0. The highest BCUT2D eigenvalue weighted by Gasteiger charge is 2.60. The molecule has 298 valence electrons. The van der Waals surface area contributed by atoms with Gasteiger partial charge in [-0.3, -0.25) is 4.79 Å². The van der Waals surface area contributed by atoms with E-state index in [0.717, 1.165) is 30.6 Å². The maximum atomic E-state index is 12.5. The second kappa shape index (κ2) is 19.4. The molecular weight excluding hydrogens is 696 g/mol. The zero-order valence-electron chi connectivity index (χ0n) is 32.8. The van der Waals surface area contributed by atoms with Gasteiger partial charge in [0, 0.05) is 33.5 Å². The van der Waals surface area contributed by atoms with Crippen molar-refractivity contribution in [3.05, 3.63) is 77.6 Å². The average molecular weight is 755 g/mol. The molecule has 0 radical (unpaired) electrons. The molecule has 3 aliphatic heterocycles. The van der Waals surface area contributed by atoms with E-state index in [9.17, 15) is 9.59 Å². The highest BCUT2D eigenvalue weighted by atomic mass is 16.8. The van der Waals surface area contributed by atoms with E-state index in [1.54, 1.807) is 40.4 Å². The van der Waals surface area contributed by atoms with E-state index in [4.69, 9.17) is 47.4 Å². The molecule has 0 N–H and O–H groups in total. The monoisotopic (exact) mass is 754 g/mol. The van der Waals surface area contributed by atoms with Crippen LogP contribution in [-0.2, 0) is 54.0 Å². The number of benzene rings is 2. The van der Waals surface area contributed by atoms with Crippen LogP contribution in [0.2, 0.25) is 0 Å². The fourth-order valence-corrected chi connectivity index (χ4v) is 7.28.